The van der Waals surface area contributed by atoms with E-state index in [4.69, 9.17) is 4.74 Å². The first-order chi connectivity index (χ1) is 8.15. The quantitative estimate of drug-likeness (QED) is 0.765. The Morgan fingerprint density at radius 1 is 1.29 bits per heavy atom. The van der Waals surface area contributed by atoms with Crippen LogP contribution in [0.15, 0.2) is 0 Å². The van der Waals surface area contributed by atoms with Crippen LogP contribution in [0.1, 0.15) is 39.5 Å². The molecule has 17 heavy (non-hydrogen) atoms. The number of hydrogen-bond acceptors (Lipinski definition) is 3. The van der Waals surface area contributed by atoms with Gasteiger partial charge in [-0.15, -0.1) is 0 Å². The van der Waals surface area contributed by atoms with Crippen molar-refractivity contribution in [2.45, 2.75) is 51.7 Å². The third-order valence-electron chi connectivity index (χ3n) is 3.59. The van der Waals surface area contributed by atoms with Crippen molar-refractivity contribution in [3.63, 3.8) is 0 Å². The molecule has 0 aromatic heterocycles. The highest BCUT2D eigenvalue weighted by atomic mass is 16.5. The number of amides is 1. The van der Waals surface area contributed by atoms with Crippen LogP contribution in [-0.4, -0.2) is 49.7 Å². The summed E-state index contributed by atoms with van der Waals surface area (Å²) in [6, 6.07) is 0.286. The Bertz CT molecular complexity index is 227. The van der Waals surface area contributed by atoms with Crippen LogP contribution < -0.4 is 5.32 Å². The zero-order valence-electron chi connectivity index (χ0n) is 11.4. The number of methoxy groups -OCH3 is 1. The van der Waals surface area contributed by atoms with Gasteiger partial charge in [0.25, 0.3) is 0 Å². The standard InChI is InChI=1S/C13H26N2O2/c1-11(12(2)17-3)14-8-7-13(16)15-9-5-4-6-10-15/h11-12,14H,4-10H2,1-3H3. The number of likely N-dealkylation sites (tertiary alicyclic amines) is 1. The number of nitrogens with one attached hydrogen (secondary N) is 1. The monoisotopic (exact) mass is 242 g/mol. The molecule has 0 aromatic rings. The van der Waals surface area contributed by atoms with Crippen LogP contribution in [0, 0.1) is 0 Å². The van der Waals surface area contributed by atoms with E-state index in [1.807, 2.05) is 11.8 Å². The van der Waals surface area contributed by atoms with Crippen molar-refractivity contribution in [1.82, 2.24) is 10.2 Å². The predicted molar refractivity (Wildman–Crippen MR) is 69.0 cm³/mol. The molecule has 1 N–H and O–H groups in total. The molecule has 1 heterocycles. The second-order valence-corrected chi connectivity index (χ2v) is 4.88. The molecular weight excluding hydrogens is 216 g/mol. The smallest absolute Gasteiger partial charge is 0.223 e. The molecule has 2 unspecified atom stereocenters. The predicted octanol–water partition coefficient (Wildman–Crippen LogP) is 1.40. The molecule has 0 bridgehead atoms. The Kier molecular flexibility index (Phi) is 6.52. The lowest BCUT2D eigenvalue weighted by Crippen LogP contribution is -2.41. The van der Waals surface area contributed by atoms with Crippen molar-refractivity contribution in [1.29, 1.82) is 0 Å². The maximum absolute atomic E-state index is 11.9. The van der Waals surface area contributed by atoms with Crippen molar-refractivity contribution in [2.24, 2.45) is 0 Å². The number of ether oxygens (including phenoxy) is 1. The summed E-state index contributed by atoms with van der Waals surface area (Å²) in [5.41, 5.74) is 0. The van der Waals surface area contributed by atoms with E-state index >= 15 is 0 Å². The Balaban J connectivity index is 2.15. The van der Waals surface area contributed by atoms with Crippen molar-refractivity contribution in [3.8, 4) is 0 Å². The third-order valence-corrected chi connectivity index (χ3v) is 3.59. The Morgan fingerprint density at radius 3 is 2.53 bits per heavy atom. The second-order valence-electron chi connectivity index (χ2n) is 4.88. The minimum atomic E-state index is 0.181. The van der Waals surface area contributed by atoms with E-state index < -0.39 is 0 Å². The van der Waals surface area contributed by atoms with Crippen molar-refractivity contribution >= 4 is 5.91 Å². The average molecular weight is 242 g/mol. The van der Waals surface area contributed by atoms with Gasteiger partial charge in [0.2, 0.25) is 5.91 Å². The molecule has 2 atom stereocenters. The molecule has 1 rings (SSSR count). The normalized spacial score (nSPS) is 20.1. The summed E-state index contributed by atoms with van der Waals surface area (Å²) in [5, 5.41) is 3.33. The van der Waals surface area contributed by atoms with Gasteiger partial charge in [0.1, 0.15) is 0 Å². The molecule has 1 saturated heterocycles. The summed E-state index contributed by atoms with van der Waals surface area (Å²) in [5.74, 6) is 0.287. The summed E-state index contributed by atoms with van der Waals surface area (Å²) in [6.07, 6.45) is 4.37. The summed E-state index contributed by atoms with van der Waals surface area (Å²) in [6.45, 7) is 6.75. The summed E-state index contributed by atoms with van der Waals surface area (Å²) >= 11 is 0. The van der Waals surface area contributed by atoms with Crippen LogP contribution in [0.5, 0.6) is 0 Å². The van der Waals surface area contributed by atoms with Gasteiger partial charge in [0, 0.05) is 39.2 Å². The van der Waals surface area contributed by atoms with Crippen molar-refractivity contribution in [2.75, 3.05) is 26.7 Å². The molecule has 1 fully saturated rings. The SMILES string of the molecule is COC(C)C(C)NCCC(=O)N1CCCCC1. The van der Waals surface area contributed by atoms with Gasteiger partial charge in [-0.25, -0.2) is 0 Å². The van der Waals surface area contributed by atoms with Gasteiger partial charge in [0.05, 0.1) is 6.10 Å². The van der Waals surface area contributed by atoms with Crippen LogP contribution in [0.3, 0.4) is 0 Å². The molecule has 1 amide bonds. The van der Waals surface area contributed by atoms with E-state index in [1.165, 1.54) is 6.42 Å². The molecule has 0 aliphatic carbocycles. The topological polar surface area (TPSA) is 41.6 Å². The summed E-state index contributed by atoms with van der Waals surface area (Å²) < 4.78 is 5.23. The molecule has 100 valence electrons. The lowest BCUT2D eigenvalue weighted by molar-refractivity contribution is -0.132. The highest BCUT2D eigenvalue weighted by Crippen LogP contribution is 2.09. The van der Waals surface area contributed by atoms with Gasteiger partial charge >= 0.3 is 0 Å². The molecule has 0 radical (unpaired) electrons. The number of nitrogens with zero attached hydrogens (tertiary/aromatic N) is 1. The third kappa shape index (κ3) is 5.04. The van der Waals surface area contributed by atoms with E-state index in [9.17, 15) is 4.79 Å². The van der Waals surface area contributed by atoms with Crippen LogP contribution >= 0.6 is 0 Å². The van der Waals surface area contributed by atoms with E-state index in [0.29, 0.717) is 6.42 Å². The van der Waals surface area contributed by atoms with Crippen LogP contribution in [0.25, 0.3) is 0 Å². The van der Waals surface area contributed by atoms with Crippen LogP contribution in [-0.2, 0) is 9.53 Å². The fourth-order valence-electron chi connectivity index (χ4n) is 2.08. The largest absolute Gasteiger partial charge is 0.380 e. The molecule has 0 aromatic carbocycles. The molecule has 0 saturated carbocycles. The maximum atomic E-state index is 11.9. The summed E-state index contributed by atoms with van der Waals surface area (Å²) in [4.78, 5) is 13.9. The van der Waals surface area contributed by atoms with Gasteiger partial charge < -0.3 is 15.0 Å². The van der Waals surface area contributed by atoms with Gasteiger partial charge in [0.15, 0.2) is 0 Å². The average Bonchev–Trinajstić information content (AvgIpc) is 2.38. The minimum Gasteiger partial charge on any atom is -0.380 e. The number of hydrogen-bond donors (Lipinski definition) is 1. The highest BCUT2D eigenvalue weighted by molar-refractivity contribution is 5.76. The Labute approximate surface area is 105 Å². The first kappa shape index (κ1) is 14.5. The Morgan fingerprint density at radius 2 is 1.94 bits per heavy atom. The zero-order chi connectivity index (χ0) is 12.7. The number of piperidine rings is 1. The zero-order valence-corrected chi connectivity index (χ0v) is 11.4. The number of carbonyl (C=O) groups is 1. The van der Waals surface area contributed by atoms with Gasteiger partial charge in [-0.05, 0) is 33.1 Å². The molecular formula is C13H26N2O2. The molecule has 0 spiro atoms. The van der Waals surface area contributed by atoms with Gasteiger partial charge in [-0.1, -0.05) is 0 Å². The lowest BCUT2D eigenvalue weighted by Gasteiger charge is -2.27. The van der Waals surface area contributed by atoms with Crippen molar-refractivity contribution in [3.05, 3.63) is 0 Å². The van der Waals surface area contributed by atoms with Crippen LogP contribution in [0.2, 0.25) is 0 Å². The summed E-state index contributed by atoms with van der Waals surface area (Å²) in [7, 11) is 1.71. The molecule has 4 nitrogen and oxygen atoms in total. The number of rotatable bonds is 6. The van der Waals surface area contributed by atoms with Gasteiger partial charge in [-0.3, -0.25) is 4.79 Å². The van der Waals surface area contributed by atoms with Gasteiger partial charge in [-0.2, -0.15) is 0 Å². The van der Waals surface area contributed by atoms with Crippen LogP contribution in [0.4, 0.5) is 0 Å². The Hall–Kier alpha value is -0.610. The van der Waals surface area contributed by atoms with E-state index in [2.05, 4.69) is 12.2 Å². The first-order valence-electron chi connectivity index (χ1n) is 6.69. The lowest BCUT2D eigenvalue weighted by atomic mass is 10.1. The first-order valence-corrected chi connectivity index (χ1v) is 6.69. The highest BCUT2D eigenvalue weighted by Gasteiger charge is 2.16. The minimum absolute atomic E-state index is 0.181. The maximum Gasteiger partial charge on any atom is 0.223 e. The van der Waals surface area contributed by atoms with Crippen molar-refractivity contribution < 1.29 is 9.53 Å². The molecule has 1 aliphatic rings. The fraction of sp³-hybridized carbons (Fsp3) is 0.923. The fourth-order valence-corrected chi connectivity index (χ4v) is 2.08. The van der Waals surface area contributed by atoms with E-state index in [0.717, 1.165) is 32.5 Å². The molecule has 4 heteroatoms. The second kappa shape index (κ2) is 7.67. The number of carbonyl (C=O) groups excluding carboxylic acids is 1. The molecule has 1 aliphatic heterocycles. The van der Waals surface area contributed by atoms with E-state index in [1.54, 1.807) is 7.11 Å². The van der Waals surface area contributed by atoms with E-state index in [-0.39, 0.29) is 18.1 Å².